The minimum Gasteiger partial charge on any atom is -0.189 e. The van der Waals surface area contributed by atoms with Crippen molar-refractivity contribution in [3.63, 3.8) is 0 Å². The number of halogens is 3. The van der Waals surface area contributed by atoms with E-state index in [-0.39, 0.29) is 5.82 Å². The molecule has 0 N–H and O–H groups in total. The van der Waals surface area contributed by atoms with Crippen LogP contribution in [0, 0.1) is 11.3 Å². The molecule has 0 fully saturated rings. The lowest BCUT2D eigenvalue weighted by Crippen LogP contribution is -2.16. The summed E-state index contributed by atoms with van der Waals surface area (Å²) >= 11 is 16.0. The highest BCUT2D eigenvalue weighted by molar-refractivity contribution is 6.64. The first-order valence-corrected chi connectivity index (χ1v) is 3.45. The summed E-state index contributed by atoms with van der Waals surface area (Å²) in [5, 5.41) is 18.3. The van der Waals surface area contributed by atoms with Crippen LogP contribution in [0.15, 0.2) is 0 Å². The van der Waals surface area contributed by atoms with Gasteiger partial charge in [0, 0.05) is 0 Å². The zero-order valence-corrected chi connectivity index (χ0v) is 7.14. The molecule has 0 aliphatic carbocycles. The highest BCUT2D eigenvalue weighted by Crippen LogP contribution is 2.29. The number of aromatic nitrogens is 4. The summed E-state index contributed by atoms with van der Waals surface area (Å²) in [5.41, 5.74) is 0. The fourth-order valence-corrected chi connectivity index (χ4v) is 0.581. The topological polar surface area (TPSA) is 67.4 Å². The van der Waals surface area contributed by atoms with E-state index in [0.29, 0.717) is 0 Å². The maximum Gasteiger partial charge on any atom is 0.305 e. The van der Waals surface area contributed by atoms with Crippen LogP contribution in [0.5, 0.6) is 0 Å². The second kappa shape index (κ2) is 2.81. The Kier molecular flexibility index (Phi) is 2.18. The van der Waals surface area contributed by atoms with Gasteiger partial charge in [-0.15, -0.1) is 9.90 Å². The average molecular weight is 212 g/mol. The normalized spacial score (nSPS) is 11.1. The van der Waals surface area contributed by atoms with Gasteiger partial charge in [0.25, 0.3) is 5.82 Å². The van der Waals surface area contributed by atoms with Crippen LogP contribution in [-0.4, -0.2) is 20.2 Å². The van der Waals surface area contributed by atoms with Gasteiger partial charge >= 0.3 is 3.92 Å². The first-order chi connectivity index (χ1) is 5.04. The quantitative estimate of drug-likeness (QED) is 0.597. The fourth-order valence-electron chi connectivity index (χ4n) is 0.367. The average Bonchev–Trinajstić information content (AvgIpc) is 2.32. The highest BCUT2D eigenvalue weighted by atomic mass is 35.6. The smallest absolute Gasteiger partial charge is 0.189 e. The number of nitriles is 1. The fraction of sp³-hybridized carbons (Fsp3) is 0.333. The molecule has 8 heteroatoms. The summed E-state index contributed by atoms with van der Waals surface area (Å²) < 4.78 is -1.79. The number of nitrogens with zero attached hydrogens (tertiary/aromatic N) is 5. The highest BCUT2D eigenvalue weighted by Gasteiger charge is 2.25. The van der Waals surface area contributed by atoms with Crippen LogP contribution >= 0.6 is 34.8 Å². The van der Waals surface area contributed by atoms with Gasteiger partial charge in [-0.3, -0.25) is 0 Å². The molecule has 1 heterocycles. The van der Waals surface area contributed by atoms with E-state index in [1.807, 2.05) is 0 Å². The molecule has 5 nitrogen and oxygen atoms in total. The van der Waals surface area contributed by atoms with Gasteiger partial charge in [0.2, 0.25) is 0 Å². The van der Waals surface area contributed by atoms with Crippen LogP contribution in [0.1, 0.15) is 5.82 Å². The van der Waals surface area contributed by atoms with Gasteiger partial charge in [-0.25, -0.2) is 0 Å². The van der Waals surface area contributed by atoms with Crippen molar-refractivity contribution in [2.24, 2.45) is 0 Å². The van der Waals surface area contributed by atoms with E-state index >= 15 is 0 Å². The van der Waals surface area contributed by atoms with Crippen LogP contribution in [0.3, 0.4) is 0 Å². The third-order valence-electron chi connectivity index (χ3n) is 0.740. The molecule has 0 saturated heterocycles. The van der Waals surface area contributed by atoms with Gasteiger partial charge in [0.1, 0.15) is 6.07 Å². The van der Waals surface area contributed by atoms with Gasteiger partial charge in [-0.1, -0.05) is 39.9 Å². The molecule has 58 valence electrons. The molecule has 0 spiro atoms. The van der Waals surface area contributed by atoms with Crippen molar-refractivity contribution < 1.29 is 0 Å². The first-order valence-electron chi connectivity index (χ1n) is 2.31. The number of tetrazole rings is 1. The molecule has 1 aromatic rings. The lowest BCUT2D eigenvalue weighted by Gasteiger charge is -2.05. The minimum absolute atomic E-state index is 0.142. The van der Waals surface area contributed by atoms with Crippen molar-refractivity contribution in [2.45, 2.75) is 3.92 Å². The van der Waals surface area contributed by atoms with Gasteiger partial charge in [-0.05, 0) is 5.21 Å². The number of hydrogen-bond donors (Lipinski definition) is 0. The molecular formula is C3Cl3N5. The maximum atomic E-state index is 8.26. The molecule has 0 bridgehead atoms. The van der Waals surface area contributed by atoms with Crippen LogP contribution in [0.4, 0.5) is 0 Å². The summed E-state index contributed by atoms with van der Waals surface area (Å²) in [7, 11) is 0. The Balaban J connectivity index is 3.01. The van der Waals surface area contributed by atoms with E-state index in [4.69, 9.17) is 40.1 Å². The third kappa shape index (κ3) is 1.93. The lowest BCUT2D eigenvalue weighted by atomic mass is 10.7. The zero-order valence-electron chi connectivity index (χ0n) is 4.87. The number of hydrogen-bond acceptors (Lipinski definition) is 4. The summed E-state index contributed by atoms with van der Waals surface area (Å²) in [4.78, 5) is 0.718. The van der Waals surface area contributed by atoms with Gasteiger partial charge in [-0.2, -0.15) is 5.26 Å². The van der Waals surface area contributed by atoms with Crippen molar-refractivity contribution in [3.05, 3.63) is 5.82 Å². The predicted molar refractivity (Wildman–Crippen MR) is 38.1 cm³/mol. The van der Waals surface area contributed by atoms with Crippen LogP contribution in [0.2, 0.25) is 0 Å². The standard InChI is InChI=1S/C3Cl3N5/c4-3(5,6)11-9-2(1-7)8-10-11. The van der Waals surface area contributed by atoms with E-state index in [2.05, 4.69) is 15.4 Å². The molecule has 1 rings (SSSR count). The minimum atomic E-state index is -1.79. The van der Waals surface area contributed by atoms with E-state index in [1.54, 1.807) is 6.07 Å². The zero-order chi connectivity index (χ0) is 8.48. The van der Waals surface area contributed by atoms with Crippen LogP contribution in [0.25, 0.3) is 0 Å². The largest absolute Gasteiger partial charge is 0.305 e. The van der Waals surface area contributed by atoms with E-state index in [0.717, 1.165) is 4.80 Å². The molecule has 0 saturated carbocycles. The van der Waals surface area contributed by atoms with Crippen LogP contribution in [-0.2, 0) is 3.92 Å². The Morgan fingerprint density at radius 2 is 2.09 bits per heavy atom. The van der Waals surface area contributed by atoms with Crippen molar-refractivity contribution in [1.29, 1.82) is 5.26 Å². The molecule has 0 unspecified atom stereocenters. The lowest BCUT2D eigenvalue weighted by molar-refractivity contribution is 0.559. The second-order valence-electron chi connectivity index (χ2n) is 1.48. The molecule has 0 aliphatic heterocycles. The number of alkyl halides is 3. The summed E-state index contributed by atoms with van der Waals surface area (Å²) in [5.74, 6) is -0.142. The van der Waals surface area contributed by atoms with E-state index < -0.39 is 3.92 Å². The molecule has 0 aromatic carbocycles. The van der Waals surface area contributed by atoms with Gasteiger partial charge in [0.15, 0.2) is 0 Å². The van der Waals surface area contributed by atoms with Gasteiger partial charge in [0.05, 0.1) is 0 Å². The summed E-state index contributed by atoms with van der Waals surface area (Å²) in [6.07, 6.45) is 0. The predicted octanol–water partition coefficient (Wildman–Crippen LogP) is 0.829. The van der Waals surface area contributed by atoms with Crippen molar-refractivity contribution in [3.8, 4) is 6.07 Å². The molecule has 0 radical (unpaired) electrons. The third-order valence-corrected chi connectivity index (χ3v) is 1.19. The molecule has 11 heavy (non-hydrogen) atoms. The molecule has 0 atom stereocenters. The first kappa shape index (κ1) is 8.53. The van der Waals surface area contributed by atoms with Crippen LogP contribution < -0.4 is 0 Å². The Morgan fingerprint density at radius 3 is 2.36 bits per heavy atom. The molecular weight excluding hydrogens is 212 g/mol. The molecule has 1 aromatic heterocycles. The van der Waals surface area contributed by atoms with Crippen molar-refractivity contribution in [1.82, 2.24) is 20.2 Å². The Labute approximate surface area is 76.4 Å². The van der Waals surface area contributed by atoms with E-state index in [9.17, 15) is 0 Å². The monoisotopic (exact) mass is 211 g/mol. The molecule has 0 aliphatic rings. The Morgan fingerprint density at radius 1 is 1.45 bits per heavy atom. The SMILES string of the molecule is N#Cc1nnn(C(Cl)(Cl)Cl)n1. The number of rotatable bonds is 0. The van der Waals surface area contributed by atoms with Gasteiger partial charge < -0.3 is 0 Å². The molecule has 0 amide bonds. The van der Waals surface area contributed by atoms with Crippen molar-refractivity contribution in [2.75, 3.05) is 0 Å². The Bertz CT molecular complexity index is 293. The summed E-state index contributed by atoms with van der Waals surface area (Å²) in [6, 6.07) is 1.64. The maximum absolute atomic E-state index is 8.26. The summed E-state index contributed by atoms with van der Waals surface area (Å²) in [6.45, 7) is 0. The van der Waals surface area contributed by atoms with E-state index in [1.165, 1.54) is 0 Å². The Hall–Kier alpha value is -0.570. The second-order valence-corrected chi connectivity index (χ2v) is 3.70. The van der Waals surface area contributed by atoms with Crippen molar-refractivity contribution >= 4 is 34.8 Å².